The lowest BCUT2D eigenvalue weighted by Gasteiger charge is -2.21. The summed E-state index contributed by atoms with van der Waals surface area (Å²) < 4.78 is 86.2. The molecule has 0 saturated heterocycles. The first-order chi connectivity index (χ1) is 34.3. The van der Waals surface area contributed by atoms with Gasteiger partial charge in [-0.25, -0.2) is 22.0 Å². The van der Waals surface area contributed by atoms with Crippen LogP contribution in [-0.4, -0.2) is 18.3 Å². The number of hydrogen-bond acceptors (Lipinski definition) is 0. The standard InChI is InChI=1S/C61H35F5N4/c1-34-30-54(69-50-24-12-6-18-41(50)43-28-26-35(31-52(43)69)67-46-20-8-2-14-37(46)38-15-3-9-21-47(38)67)55(33-45(34)56-57(62)59(64)61(66)60(65)58(56)63)70-51-25-13-7-19-42(51)44-29-27-36(32-53(44)70)68-48-22-10-4-16-39(48)40-17-5-11-23-49(40)68/h2-33H,1H3. The number of halogens is 5. The fraction of sp³-hybridized carbons (Fsp3) is 0.0164. The summed E-state index contributed by atoms with van der Waals surface area (Å²) in [5.74, 6) is -10.0. The first-order valence-electron chi connectivity index (χ1n) is 23.0. The molecule has 0 amide bonds. The largest absolute Gasteiger partial charge is 0.309 e. The molecule has 0 saturated carbocycles. The second-order valence-corrected chi connectivity index (χ2v) is 17.9. The predicted octanol–water partition coefficient (Wildman–Crippen LogP) is 16.7. The molecule has 9 heteroatoms. The maximum atomic E-state index is 16.2. The maximum absolute atomic E-state index is 16.2. The molecule has 0 atom stereocenters. The minimum atomic E-state index is -2.21. The number of hydrogen-bond donors (Lipinski definition) is 0. The van der Waals surface area contributed by atoms with E-state index in [4.69, 9.17) is 0 Å². The molecule has 70 heavy (non-hydrogen) atoms. The fourth-order valence-corrected chi connectivity index (χ4v) is 11.3. The maximum Gasteiger partial charge on any atom is 0.200 e. The van der Waals surface area contributed by atoms with Gasteiger partial charge in [-0.2, -0.15) is 0 Å². The minimum absolute atomic E-state index is 0.136. The van der Waals surface area contributed by atoms with Crippen LogP contribution in [0.4, 0.5) is 22.0 Å². The fourth-order valence-electron chi connectivity index (χ4n) is 11.3. The second kappa shape index (κ2) is 14.8. The molecule has 334 valence electrons. The summed E-state index contributed by atoms with van der Waals surface area (Å²) in [5, 5.41) is 8.17. The predicted molar refractivity (Wildman–Crippen MR) is 274 cm³/mol. The third-order valence-electron chi connectivity index (χ3n) is 14.3. The number of fused-ring (bicyclic) bond motifs is 12. The average molecular weight is 919 g/mol. The molecule has 4 heterocycles. The van der Waals surface area contributed by atoms with Gasteiger partial charge in [-0.1, -0.05) is 121 Å². The zero-order valence-corrected chi connectivity index (χ0v) is 37.2. The highest BCUT2D eigenvalue weighted by Gasteiger charge is 2.30. The van der Waals surface area contributed by atoms with E-state index < -0.39 is 34.6 Å². The van der Waals surface area contributed by atoms with Crippen LogP contribution in [0.15, 0.2) is 194 Å². The molecule has 0 bridgehead atoms. The van der Waals surface area contributed by atoms with Gasteiger partial charge in [-0.3, -0.25) is 0 Å². The molecular weight excluding hydrogens is 884 g/mol. The Bertz CT molecular complexity index is 4430. The lowest BCUT2D eigenvalue weighted by molar-refractivity contribution is 0.381. The first-order valence-corrected chi connectivity index (χ1v) is 23.0. The molecule has 4 aromatic heterocycles. The number of aromatic nitrogens is 4. The summed E-state index contributed by atoms with van der Waals surface area (Å²) in [7, 11) is 0. The summed E-state index contributed by atoms with van der Waals surface area (Å²) in [5.41, 5.74) is 9.39. The van der Waals surface area contributed by atoms with Gasteiger partial charge in [0.05, 0.1) is 61.1 Å². The normalized spacial score (nSPS) is 12.1. The molecule has 0 spiro atoms. The van der Waals surface area contributed by atoms with Gasteiger partial charge in [0.2, 0.25) is 5.82 Å². The van der Waals surface area contributed by atoms with E-state index in [1.807, 2.05) is 91.0 Å². The molecule has 0 unspecified atom stereocenters. The van der Waals surface area contributed by atoms with Crippen molar-refractivity contribution >= 4 is 87.2 Å². The Labute approximate surface area is 395 Å². The highest BCUT2D eigenvalue weighted by atomic mass is 19.2. The Morgan fingerprint density at radius 1 is 0.271 bits per heavy atom. The third kappa shape index (κ3) is 5.45. The van der Waals surface area contributed by atoms with Crippen molar-refractivity contribution in [1.29, 1.82) is 0 Å². The van der Waals surface area contributed by atoms with Crippen molar-refractivity contribution in [3.63, 3.8) is 0 Å². The van der Waals surface area contributed by atoms with Crippen molar-refractivity contribution in [2.75, 3.05) is 0 Å². The highest BCUT2D eigenvalue weighted by Crippen LogP contribution is 2.44. The molecule has 14 aromatic rings. The van der Waals surface area contributed by atoms with E-state index in [1.54, 1.807) is 19.1 Å². The van der Waals surface area contributed by atoms with E-state index in [2.05, 4.69) is 109 Å². The van der Waals surface area contributed by atoms with Crippen molar-refractivity contribution in [3.05, 3.63) is 229 Å². The van der Waals surface area contributed by atoms with E-state index in [-0.39, 0.29) is 5.56 Å². The molecule has 0 N–H and O–H groups in total. The second-order valence-electron chi connectivity index (χ2n) is 17.9. The van der Waals surface area contributed by atoms with Crippen molar-refractivity contribution in [3.8, 4) is 33.9 Å². The molecule has 0 aliphatic carbocycles. The zero-order chi connectivity index (χ0) is 47.1. The Kier molecular flexibility index (Phi) is 8.47. The van der Waals surface area contributed by atoms with Crippen LogP contribution in [0.5, 0.6) is 0 Å². The van der Waals surface area contributed by atoms with Gasteiger partial charge in [0.15, 0.2) is 23.3 Å². The average Bonchev–Trinajstić information content (AvgIpc) is 4.12. The SMILES string of the molecule is Cc1cc(-n2c3ccccc3c3ccc(-n4c5ccccc5c5ccccc54)cc32)c(-n2c3ccccc3c3ccc(-n4c5ccccc5c5ccccc54)cc32)cc1-c1c(F)c(F)c(F)c(F)c1F. The lowest BCUT2D eigenvalue weighted by Crippen LogP contribution is -2.08. The molecule has 0 aliphatic heterocycles. The lowest BCUT2D eigenvalue weighted by atomic mass is 9.96. The smallest absolute Gasteiger partial charge is 0.200 e. The van der Waals surface area contributed by atoms with Crippen LogP contribution in [-0.2, 0) is 0 Å². The van der Waals surface area contributed by atoms with Gasteiger partial charge in [-0.05, 0) is 90.8 Å². The number of aryl methyl sites for hydroxylation is 1. The Balaban J connectivity index is 1.13. The van der Waals surface area contributed by atoms with Gasteiger partial charge >= 0.3 is 0 Å². The van der Waals surface area contributed by atoms with Crippen molar-refractivity contribution in [2.45, 2.75) is 6.92 Å². The summed E-state index contributed by atoms with van der Waals surface area (Å²) in [6.45, 7) is 1.64. The summed E-state index contributed by atoms with van der Waals surface area (Å²) in [4.78, 5) is 0. The monoisotopic (exact) mass is 918 g/mol. The highest BCUT2D eigenvalue weighted by molar-refractivity contribution is 6.14. The van der Waals surface area contributed by atoms with Crippen LogP contribution < -0.4 is 0 Å². The molecule has 0 fully saturated rings. The zero-order valence-electron chi connectivity index (χ0n) is 37.2. The molecule has 10 aromatic carbocycles. The van der Waals surface area contributed by atoms with E-state index in [9.17, 15) is 4.39 Å². The van der Waals surface area contributed by atoms with E-state index in [1.165, 1.54) is 0 Å². The van der Waals surface area contributed by atoms with E-state index in [0.29, 0.717) is 16.9 Å². The van der Waals surface area contributed by atoms with Crippen molar-refractivity contribution in [2.24, 2.45) is 0 Å². The summed E-state index contributed by atoms with van der Waals surface area (Å²) in [6.07, 6.45) is 0. The van der Waals surface area contributed by atoms with Crippen LogP contribution in [0.25, 0.3) is 121 Å². The topological polar surface area (TPSA) is 19.7 Å². The van der Waals surface area contributed by atoms with E-state index in [0.717, 1.165) is 98.6 Å². The van der Waals surface area contributed by atoms with Crippen LogP contribution in [0.3, 0.4) is 0 Å². The Morgan fingerprint density at radius 2 is 0.557 bits per heavy atom. The quantitative estimate of drug-likeness (QED) is 0.0931. The first kappa shape index (κ1) is 40.1. The number of rotatable bonds is 5. The van der Waals surface area contributed by atoms with Gasteiger partial charge in [0.25, 0.3) is 0 Å². The Hall–Kier alpha value is -8.95. The van der Waals surface area contributed by atoms with Crippen LogP contribution in [0, 0.1) is 36.0 Å². The summed E-state index contributed by atoms with van der Waals surface area (Å²) >= 11 is 0. The number of benzene rings is 10. The number of para-hydroxylation sites is 6. The molecular formula is C61H35F5N4. The van der Waals surface area contributed by atoms with Crippen molar-refractivity contribution in [1.82, 2.24) is 18.3 Å². The van der Waals surface area contributed by atoms with Gasteiger partial charge < -0.3 is 18.3 Å². The Morgan fingerprint density at radius 3 is 0.914 bits per heavy atom. The molecule has 4 nitrogen and oxygen atoms in total. The number of nitrogens with zero attached hydrogens (tertiary/aromatic N) is 4. The van der Waals surface area contributed by atoms with Crippen LogP contribution >= 0.6 is 0 Å². The van der Waals surface area contributed by atoms with Crippen LogP contribution in [0.2, 0.25) is 0 Å². The van der Waals surface area contributed by atoms with Gasteiger partial charge in [-0.15, -0.1) is 0 Å². The minimum Gasteiger partial charge on any atom is -0.309 e. The molecule has 0 radical (unpaired) electrons. The third-order valence-corrected chi connectivity index (χ3v) is 14.3. The molecule has 0 aliphatic rings. The molecule has 14 rings (SSSR count). The van der Waals surface area contributed by atoms with E-state index >= 15 is 17.6 Å². The van der Waals surface area contributed by atoms with Crippen LogP contribution in [0.1, 0.15) is 5.56 Å². The van der Waals surface area contributed by atoms with Crippen molar-refractivity contribution < 1.29 is 22.0 Å². The van der Waals surface area contributed by atoms with Gasteiger partial charge in [0.1, 0.15) is 0 Å². The summed E-state index contributed by atoms with van der Waals surface area (Å²) in [6, 6.07) is 65.3. The van der Waals surface area contributed by atoms with Gasteiger partial charge in [0, 0.05) is 54.5 Å².